The number of nitrogens with one attached hydrogen (secondary N) is 1. The van der Waals surface area contributed by atoms with Crippen molar-refractivity contribution < 1.29 is 9.53 Å². The second kappa shape index (κ2) is 4.11. The van der Waals surface area contributed by atoms with Crippen molar-refractivity contribution in [2.45, 2.75) is 71.4 Å². The first-order valence-electron chi connectivity index (χ1n) is 7.29. The van der Waals surface area contributed by atoms with E-state index >= 15 is 0 Å². The van der Waals surface area contributed by atoms with Crippen LogP contribution >= 0.6 is 0 Å². The van der Waals surface area contributed by atoms with Crippen molar-refractivity contribution in [2.75, 3.05) is 6.54 Å². The molecule has 4 nitrogen and oxygen atoms in total. The zero-order valence-corrected chi connectivity index (χ0v) is 12.9. The number of rotatable bonds is 3. The molecule has 2 aliphatic rings. The molecular weight excluding hydrogens is 240 g/mol. The summed E-state index contributed by atoms with van der Waals surface area (Å²) >= 11 is 0. The van der Waals surface area contributed by atoms with Gasteiger partial charge in [0.25, 0.3) is 0 Å². The molecule has 2 fully saturated rings. The van der Waals surface area contributed by atoms with E-state index in [-0.39, 0.29) is 22.5 Å². The average Bonchev–Trinajstić information content (AvgIpc) is 2.73. The van der Waals surface area contributed by atoms with E-state index in [4.69, 9.17) is 10.5 Å². The molecule has 0 aromatic rings. The lowest BCUT2D eigenvalue weighted by atomic mass is 9.63. The number of nitrogens with two attached hydrogens (primary N) is 1. The summed E-state index contributed by atoms with van der Waals surface area (Å²) in [5.74, 6) is 0. The molecule has 3 N–H and O–H groups in total. The standard InChI is InChI=1S/C15H28N2O2/c1-12(2,3)19-11(18)17-15(7-6-8-15)14(10-16)9-13(14,4)5/h6-10,16H2,1-5H3,(H,17,18). The molecule has 1 unspecified atom stereocenters. The third-order valence-electron chi connectivity index (χ3n) is 5.13. The molecule has 0 spiro atoms. The molecule has 2 aliphatic carbocycles. The van der Waals surface area contributed by atoms with Crippen molar-refractivity contribution in [1.29, 1.82) is 0 Å². The van der Waals surface area contributed by atoms with Gasteiger partial charge >= 0.3 is 6.09 Å². The molecule has 0 aliphatic heterocycles. The van der Waals surface area contributed by atoms with E-state index < -0.39 is 5.60 Å². The van der Waals surface area contributed by atoms with Gasteiger partial charge in [-0.05, 0) is 51.9 Å². The van der Waals surface area contributed by atoms with E-state index in [1.807, 2.05) is 20.8 Å². The molecule has 0 saturated heterocycles. The number of carbonyl (C=O) groups is 1. The monoisotopic (exact) mass is 268 g/mol. The molecule has 19 heavy (non-hydrogen) atoms. The number of ether oxygens (including phenoxy) is 1. The van der Waals surface area contributed by atoms with Gasteiger partial charge < -0.3 is 15.8 Å². The van der Waals surface area contributed by atoms with Crippen LogP contribution in [0.1, 0.15) is 60.3 Å². The molecule has 110 valence electrons. The Balaban J connectivity index is 2.10. The van der Waals surface area contributed by atoms with Crippen molar-refractivity contribution in [3.05, 3.63) is 0 Å². The first-order chi connectivity index (χ1) is 8.58. The Morgan fingerprint density at radius 3 is 2.11 bits per heavy atom. The van der Waals surface area contributed by atoms with Gasteiger partial charge in [0.15, 0.2) is 0 Å². The van der Waals surface area contributed by atoms with Gasteiger partial charge in [0.05, 0.1) is 5.54 Å². The minimum Gasteiger partial charge on any atom is -0.444 e. The number of hydrogen-bond acceptors (Lipinski definition) is 3. The van der Waals surface area contributed by atoms with Gasteiger partial charge in [0.2, 0.25) is 0 Å². The Bertz CT molecular complexity index is 380. The minimum absolute atomic E-state index is 0.0507. The normalized spacial score (nSPS) is 31.3. The third kappa shape index (κ3) is 2.24. The molecule has 0 aromatic carbocycles. The molecule has 0 heterocycles. The Kier molecular flexibility index (Phi) is 3.17. The molecule has 4 heteroatoms. The lowest BCUT2D eigenvalue weighted by Crippen LogP contribution is -2.63. The first kappa shape index (κ1) is 14.6. The van der Waals surface area contributed by atoms with E-state index in [1.165, 1.54) is 0 Å². The number of carbonyl (C=O) groups excluding carboxylic acids is 1. The van der Waals surface area contributed by atoms with Crippen LogP contribution in [0.3, 0.4) is 0 Å². The maximum absolute atomic E-state index is 12.1. The fraction of sp³-hybridized carbons (Fsp3) is 0.933. The summed E-state index contributed by atoms with van der Waals surface area (Å²) in [6, 6.07) is 0. The number of hydrogen-bond donors (Lipinski definition) is 2. The van der Waals surface area contributed by atoms with E-state index in [0.717, 1.165) is 25.7 Å². The number of alkyl carbamates (subject to hydrolysis) is 1. The van der Waals surface area contributed by atoms with Crippen LogP contribution in [-0.4, -0.2) is 23.8 Å². The fourth-order valence-electron chi connectivity index (χ4n) is 3.82. The molecule has 0 aromatic heterocycles. The summed E-state index contributed by atoms with van der Waals surface area (Å²) < 4.78 is 5.41. The molecular formula is C15H28N2O2. The molecule has 2 saturated carbocycles. The van der Waals surface area contributed by atoms with Crippen molar-refractivity contribution in [2.24, 2.45) is 16.6 Å². The van der Waals surface area contributed by atoms with Crippen molar-refractivity contribution >= 4 is 6.09 Å². The second-order valence-corrected chi connectivity index (χ2v) is 7.91. The smallest absolute Gasteiger partial charge is 0.408 e. The summed E-state index contributed by atoms with van der Waals surface area (Å²) in [7, 11) is 0. The van der Waals surface area contributed by atoms with Crippen LogP contribution in [0.25, 0.3) is 0 Å². The Labute approximate surface area is 116 Å². The molecule has 1 atom stereocenters. The number of amides is 1. The highest BCUT2D eigenvalue weighted by atomic mass is 16.6. The maximum Gasteiger partial charge on any atom is 0.408 e. The van der Waals surface area contributed by atoms with Gasteiger partial charge in [-0.1, -0.05) is 13.8 Å². The van der Waals surface area contributed by atoms with Crippen LogP contribution in [0.15, 0.2) is 0 Å². The molecule has 0 radical (unpaired) electrons. The Hall–Kier alpha value is -0.770. The van der Waals surface area contributed by atoms with Crippen molar-refractivity contribution in [3.8, 4) is 0 Å². The Morgan fingerprint density at radius 1 is 1.32 bits per heavy atom. The summed E-state index contributed by atoms with van der Waals surface area (Å²) in [6.45, 7) is 10.8. The fourth-order valence-corrected chi connectivity index (χ4v) is 3.82. The van der Waals surface area contributed by atoms with Crippen LogP contribution in [0.5, 0.6) is 0 Å². The quantitative estimate of drug-likeness (QED) is 0.827. The summed E-state index contributed by atoms with van der Waals surface area (Å²) in [6.07, 6.45) is 3.99. The van der Waals surface area contributed by atoms with Crippen LogP contribution in [-0.2, 0) is 4.74 Å². The van der Waals surface area contributed by atoms with Gasteiger partial charge in [-0.25, -0.2) is 4.79 Å². The summed E-state index contributed by atoms with van der Waals surface area (Å²) in [4.78, 5) is 12.1. The zero-order chi connectivity index (χ0) is 14.5. The SMILES string of the molecule is CC(C)(C)OC(=O)NC1(C2(CN)CC2(C)C)CCC1. The van der Waals surface area contributed by atoms with Gasteiger partial charge in [-0.2, -0.15) is 0 Å². The largest absolute Gasteiger partial charge is 0.444 e. The van der Waals surface area contributed by atoms with Crippen molar-refractivity contribution in [3.63, 3.8) is 0 Å². The lowest BCUT2D eigenvalue weighted by Gasteiger charge is -2.50. The van der Waals surface area contributed by atoms with E-state index in [2.05, 4.69) is 19.2 Å². The Morgan fingerprint density at radius 2 is 1.84 bits per heavy atom. The maximum atomic E-state index is 12.1. The summed E-state index contributed by atoms with van der Waals surface area (Å²) in [5.41, 5.74) is 5.72. The van der Waals surface area contributed by atoms with E-state index in [1.54, 1.807) is 0 Å². The van der Waals surface area contributed by atoms with Crippen LogP contribution in [0.4, 0.5) is 4.79 Å². The minimum atomic E-state index is -0.454. The second-order valence-electron chi connectivity index (χ2n) is 7.91. The zero-order valence-electron chi connectivity index (χ0n) is 12.9. The predicted molar refractivity (Wildman–Crippen MR) is 75.8 cm³/mol. The van der Waals surface area contributed by atoms with Gasteiger partial charge in [-0.3, -0.25) is 0 Å². The highest BCUT2D eigenvalue weighted by Gasteiger charge is 2.72. The van der Waals surface area contributed by atoms with E-state index in [0.29, 0.717) is 6.54 Å². The predicted octanol–water partition coefficient (Wildman–Crippen LogP) is 2.81. The van der Waals surface area contributed by atoms with Crippen LogP contribution in [0.2, 0.25) is 0 Å². The molecule has 2 rings (SSSR count). The third-order valence-corrected chi connectivity index (χ3v) is 5.13. The van der Waals surface area contributed by atoms with Gasteiger partial charge in [-0.15, -0.1) is 0 Å². The first-order valence-corrected chi connectivity index (χ1v) is 7.29. The van der Waals surface area contributed by atoms with E-state index in [9.17, 15) is 4.79 Å². The van der Waals surface area contributed by atoms with Gasteiger partial charge in [0, 0.05) is 12.0 Å². The molecule has 0 bridgehead atoms. The van der Waals surface area contributed by atoms with Crippen LogP contribution in [0, 0.1) is 10.8 Å². The average molecular weight is 268 g/mol. The van der Waals surface area contributed by atoms with Gasteiger partial charge in [0.1, 0.15) is 5.60 Å². The highest BCUT2D eigenvalue weighted by molar-refractivity contribution is 5.69. The van der Waals surface area contributed by atoms with Crippen molar-refractivity contribution in [1.82, 2.24) is 5.32 Å². The highest BCUT2D eigenvalue weighted by Crippen LogP contribution is 2.72. The molecule has 1 amide bonds. The summed E-state index contributed by atoms with van der Waals surface area (Å²) in [5, 5.41) is 3.15. The van der Waals surface area contributed by atoms with Crippen LogP contribution < -0.4 is 11.1 Å². The topological polar surface area (TPSA) is 64.3 Å². The lowest BCUT2D eigenvalue weighted by molar-refractivity contribution is 0.0167.